The molecule has 0 aromatic carbocycles. The lowest BCUT2D eigenvalue weighted by atomic mass is 9.93. The summed E-state index contributed by atoms with van der Waals surface area (Å²) < 4.78 is 0. The summed E-state index contributed by atoms with van der Waals surface area (Å²) >= 11 is 0. The highest BCUT2D eigenvalue weighted by atomic mass is 16.1. The van der Waals surface area contributed by atoms with Gasteiger partial charge in [0, 0.05) is 46.2 Å². The number of carbonyl (C=O) groups excluding carboxylic acids is 1. The number of carbonyl (C=O) groups is 1. The van der Waals surface area contributed by atoms with Crippen LogP contribution < -0.4 is 10.6 Å². The largest absolute Gasteiger partial charge is 0.359 e. The topological polar surface area (TPSA) is 60.0 Å². The van der Waals surface area contributed by atoms with E-state index in [1.807, 2.05) is 7.05 Å². The number of guanidine groups is 1. The lowest BCUT2D eigenvalue weighted by Gasteiger charge is -2.34. The molecule has 6 nitrogen and oxygen atoms in total. The van der Waals surface area contributed by atoms with Crippen molar-refractivity contribution in [3.05, 3.63) is 0 Å². The van der Waals surface area contributed by atoms with E-state index in [-0.39, 0.29) is 5.91 Å². The molecule has 2 N–H and O–H groups in total. The van der Waals surface area contributed by atoms with E-state index in [1.54, 1.807) is 7.05 Å². The maximum Gasteiger partial charge on any atom is 0.220 e. The highest BCUT2D eigenvalue weighted by Gasteiger charge is 2.22. The van der Waals surface area contributed by atoms with Crippen LogP contribution in [0.5, 0.6) is 0 Å². The molecule has 0 spiro atoms. The van der Waals surface area contributed by atoms with Crippen LogP contribution in [-0.2, 0) is 4.79 Å². The molecule has 0 aromatic heterocycles. The Kier molecular flexibility index (Phi) is 9.76. The molecule has 1 aliphatic heterocycles. The second-order valence-corrected chi connectivity index (χ2v) is 7.06. The van der Waals surface area contributed by atoms with Gasteiger partial charge in [0.2, 0.25) is 5.91 Å². The third kappa shape index (κ3) is 7.51. The van der Waals surface area contributed by atoms with E-state index in [4.69, 9.17) is 0 Å². The Morgan fingerprint density at radius 3 is 2.50 bits per heavy atom. The van der Waals surface area contributed by atoms with E-state index in [9.17, 15) is 4.79 Å². The Morgan fingerprint density at radius 1 is 1.29 bits per heavy atom. The van der Waals surface area contributed by atoms with E-state index in [1.165, 1.54) is 6.42 Å². The molecule has 1 aliphatic rings. The number of nitrogens with zero attached hydrogens (tertiary/aromatic N) is 3. The van der Waals surface area contributed by atoms with E-state index < -0.39 is 0 Å². The molecule has 1 heterocycles. The van der Waals surface area contributed by atoms with Crippen molar-refractivity contribution in [2.45, 2.75) is 52.0 Å². The Morgan fingerprint density at radius 2 is 1.96 bits per heavy atom. The van der Waals surface area contributed by atoms with Gasteiger partial charge in [-0.25, -0.2) is 0 Å². The van der Waals surface area contributed by atoms with Crippen molar-refractivity contribution in [3.8, 4) is 0 Å². The van der Waals surface area contributed by atoms with Gasteiger partial charge in [-0.2, -0.15) is 0 Å². The van der Waals surface area contributed by atoms with Gasteiger partial charge in [0.1, 0.15) is 0 Å². The minimum atomic E-state index is 0.155. The summed E-state index contributed by atoms with van der Waals surface area (Å²) in [5.41, 5.74) is 0. The first kappa shape index (κ1) is 20.7. The van der Waals surface area contributed by atoms with Crippen LogP contribution in [0, 0.1) is 5.92 Å². The average molecular weight is 340 g/mol. The average Bonchev–Trinajstić information content (AvgIpc) is 2.58. The van der Waals surface area contributed by atoms with E-state index in [0.717, 1.165) is 51.4 Å². The number of amides is 1. The molecular formula is C18H37N5O. The fraction of sp³-hybridized carbons (Fsp3) is 0.889. The van der Waals surface area contributed by atoms with Crippen molar-refractivity contribution in [2.24, 2.45) is 10.9 Å². The Hall–Kier alpha value is -1.30. The zero-order valence-electron chi connectivity index (χ0n) is 16.3. The number of nitrogens with one attached hydrogen (secondary N) is 2. The molecule has 1 saturated heterocycles. The fourth-order valence-corrected chi connectivity index (χ4v) is 2.99. The monoisotopic (exact) mass is 339 g/mol. The number of hydrogen-bond acceptors (Lipinski definition) is 3. The van der Waals surface area contributed by atoms with Gasteiger partial charge in [-0.1, -0.05) is 0 Å². The summed E-state index contributed by atoms with van der Waals surface area (Å²) in [6.45, 7) is 8.54. The second-order valence-electron chi connectivity index (χ2n) is 7.06. The van der Waals surface area contributed by atoms with Crippen LogP contribution in [-0.4, -0.2) is 75.0 Å². The lowest BCUT2D eigenvalue weighted by Crippen LogP contribution is -2.46. The van der Waals surface area contributed by atoms with Gasteiger partial charge >= 0.3 is 0 Å². The highest BCUT2D eigenvalue weighted by Crippen LogP contribution is 2.20. The summed E-state index contributed by atoms with van der Waals surface area (Å²) in [5, 5.41) is 6.21. The smallest absolute Gasteiger partial charge is 0.220 e. The predicted octanol–water partition coefficient (Wildman–Crippen LogP) is 1.53. The molecule has 0 radical (unpaired) electrons. The standard InChI is InChI=1S/C18H37N5O/c1-15(2)22(5)11-7-6-10-21-18(20-4)23-12-8-16(9-13-23)14-17(24)19-3/h15-16H,6-14H2,1-5H3,(H,19,24)(H,20,21). The molecule has 0 aliphatic carbocycles. The minimum Gasteiger partial charge on any atom is -0.359 e. The molecule has 1 amide bonds. The first-order valence-electron chi connectivity index (χ1n) is 9.34. The first-order valence-corrected chi connectivity index (χ1v) is 9.34. The fourth-order valence-electron chi connectivity index (χ4n) is 2.99. The maximum absolute atomic E-state index is 11.5. The Labute approximate surface area is 148 Å². The zero-order chi connectivity index (χ0) is 17.9. The van der Waals surface area contributed by atoms with Crippen molar-refractivity contribution in [1.29, 1.82) is 0 Å². The number of rotatable bonds is 8. The van der Waals surface area contributed by atoms with Crippen LogP contribution in [0.15, 0.2) is 4.99 Å². The summed E-state index contributed by atoms with van der Waals surface area (Å²) in [5.74, 6) is 1.67. The van der Waals surface area contributed by atoms with Crippen molar-refractivity contribution < 1.29 is 4.79 Å². The second kappa shape index (κ2) is 11.3. The Balaban J connectivity index is 2.22. The number of aliphatic imine (C=N–C) groups is 1. The van der Waals surface area contributed by atoms with Crippen LogP contribution in [0.3, 0.4) is 0 Å². The van der Waals surface area contributed by atoms with Crippen LogP contribution >= 0.6 is 0 Å². The van der Waals surface area contributed by atoms with Gasteiger partial charge in [0.25, 0.3) is 0 Å². The SMILES string of the molecule is CN=C(NCCCCN(C)C(C)C)N1CCC(CC(=O)NC)CC1. The summed E-state index contributed by atoms with van der Waals surface area (Å²) in [7, 11) is 5.74. The van der Waals surface area contributed by atoms with E-state index in [0.29, 0.717) is 18.4 Å². The van der Waals surface area contributed by atoms with E-state index in [2.05, 4.69) is 46.3 Å². The van der Waals surface area contributed by atoms with Crippen molar-refractivity contribution in [1.82, 2.24) is 20.4 Å². The maximum atomic E-state index is 11.5. The molecule has 1 rings (SSSR count). The molecule has 0 aromatic rings. The van der Waals surface area contributed by atoms with Gasteiger partial charge in [0.05, 0.1) is 0 Å². The molecule has 6 heteroatoms. The van der Waals surface area contributed by atoms with Crippen LogP contribution in [0.4, 0.5) is 0 Å². The first-order chi connectivity index (χ1) is 11.5. The number of likely N-dealkylation sites (tertiary alicyclic amines) is 1. The quantitative estimate of drug-likeness (QED) is 0.400. The number of unbranched alkanes of at least 4 members (excludes halogenated alkanes) is 1. The normalized spacial score (nSPS) is 16.8. The molecule has 0 saturated carbocycles. The third-order valence-electron chi connectivity index (χ3n) is 4.98. The van der Waals surface area contributed by atoms with Crippen LogP contribution in [0.2, 0.25) is 0 Å². The summed E-state index contributed by atoms with van der Waals surface area (Å²) in [4.78, 5) is 20.6. The van der Waals surface area contributed by atoms with Crippen molar-refractivity contribution >= 4 is 11.9 Å². The lowest BCUT2D eigenvalue weighted by molar-refractivity contribution is -0.121. The summed E-state index contributed by atoms with van der Waals surface area (Å²) in [6.07, 6.45) is 5.14. The van der Waals surface area contributed by atoms with Gasteiger partial charge in [-0.3, -0.25) is 9.79 Å². The molecule has 0 bridgehead atoms. The van der Waals surface area contributed by atoms with Gasteiger partial charge < -0.3 is 20.4 Å². The molecule has 0 unspecified atom stereocenters. The number of hydrogen-bond donors (Lipinski definition) is 2. The van der Waals surface area contributed by atoms with Gasteiger partial charge in [-0.05, 0) is 59.0 Å². The van der Waals surface area contributed by atoms with Crippen LogP contribution in [0.25, 0.3) is 0 Å². The molecule has 1 fully saturated rings. The van der Waals surface area contributed by atoms with Crippen LogP contribution in [0.1, 0.15) is 46.0 Å². The third-order valence-corrected chi connectivity index (χ3v) is 4.98. The van der Waals surface area contributed by atoms with Crippen molar-refractivity contribution in [2.75, 3.05) is 47.3 Å². The molecule has 140 valence electrons. The minimum absolute atomic E-state index is 0.155. The van der Waals surface area contributed by atoms with Crippen molar-refractivity contribution in [3.63, 3.8) is 0 Å². The molecular weight excluding hydrogens is 302 g/mol. The van der Waals surface area contributed by atoms with Gasteiger partial charge in [0.15, 0.2) is 5.96 Å². The summed E-state index contributed by atoms with van der Waals surface area (Å²) in [6, 6.07) is 0.613. The predicted molar refractivity (Wildman–Crippen MR) is 101 cm³/mol. The molecule has 24 heavy (non-hydrogen) atoms. The van der Waals surface area contributed by atoms with Gasteiger partial charge in [-0.15, -0.1) is 0 Å². The van der Waals surface area contributed by atoms with E-state index >= 15 is 0 Å². The highest BCUT2D eigenvalue weighted by molar-refractivity contribution is 5.80. The zero-order valence-corrected chi connectivity index (χ0v) is 16.3. The number of piperidine rings is 1. The molecule has 0 atom stereocenters. The Bertz CT molecular complexity index is 389.